The SMILES string of the molecule is CC(C)n1ccc(OCc2ccccc2)cc1=O. The van der Waals surface area contributed by atoms with E-state index in [-0.39, 0.29) is 11.6 Å². The molecule has 0 bridgehead atoms. The van der Waals surface area contributed by atoms with Crippen LogP contribution in [-0.4, -0.2) is 4.57 Å². The molecule has 0 aliphatic rings. The Morgan fingerprint density at radius 2 is 1.89 bits per heavy atom. The van der Waals surface area contributed by atoms with E-state index in [2.05, 4.69) is 0 Å². The van der Waals surface area contributed by atoms with Crippen molar-refractivity contribution in [1.82, 2.24) is 4.57 Å². The second-order valence-electron chi connectivity index (χ2n) is 4.48. The molecule has 0 N–H and O–H groups in total. The molecule has 0 saturated carbocycles. The van der Waals surface area contributed by atoms with Crippen LogP contribution in [0.25, 0.3) is 0 Å². The van der Waals surface area contributed by atoms with Gasteiger partial charge in [0.1, 0.15) is 12.4 Å². The molecule has 0 saturated heterocycles. The summed E-state index contributed by atoms with van der Waals surface area (Å²) in [7, 11) is 0. The predicted molar refractivity (Wildman–Crippen MR) is 71.9 cm³/mol. The molecule has 0 aliphatic heterocycles. The van der Waals surface area contributed by atoms with Crippen LogP contribution in [0.5, 0.6) is 5.75 Å². The van der Waals surface area contributed by atoms with E-state index in [0.717, 1.165) is 5.56 Å². The second kappa shape index (κ2) is 5.54. The van der Waals surface area contributed by atoms with Gasteiger partial charge < -0.3 is 9.30 Å². The van der Waals surface area contributed by atoms with Gasteiger partial charge in [0.2, 0.25) is 0 Å². The van der Waals surface area contributed by atoms with Gasteiger partial charge in [-0.05, 0) is 25.5 Å². The molecule has 0 fully saturated rings. The summed E-state index contributed by atoms with van der Waals surface area (Å²) in [5.74, 6) is 0.612. The molecule has 1 aromatic carbocycles. The third kappa shape index (κ3) is 3.00. The van der Waals surface area contributed by atoms with Gasteiger partial charge in [-0.2, -0.15) is 0 Å². The quantitative estimate of drug-likeness (QED) is 0.826. The van der Waals surface area contributed by atoms with Crippen LogP contribution in [0, 0.1) is 0 Å². The summed E-state index contributed by atoms with van der Waals surface area (Å²) in [5.41, 5.74) is 1.06. The first kappa shape index (κ1) is 12.4. The van der Waals surface area contributed by atoms with Crippen LogP contribution in [0.4, 0.5) is 0 Å². The lowest BCUT2D eigenvalue weighted by Crippen LogP contribution is -2.20. The molecule has 1 heterocycles. The molecule has 0 aliphatic carbocycles. The number of hydrogen-bond acceptors (Lipinski definition) is 2. The fourth-order valence-electron chi connectivity index (χ4n) is 1.73. The molecule has 0 unspecified atom stereocenters. The molecule has 3 nitrogen and oxygen atoms in total. The first-order valence-electron chi connectivity index (χ1n) is 6.06. The van der Waals surface area contributed by atoms with E-state index < -0.39 is 0 Å². The minimum atomic E-state index is -0.0319. The Kier molecular flexibility index (Phi) is 3.82. The van der Waals surface area contributed by atoms with E-state index in [1.54, 1.807) is 10.8 Å². The summed E-state index contributed by atoms with van der Waals surface area (Å²) in [6.07, 6.45) is 1.77. The average Bonchev–Trinajstić information content (AvgIpc) is 2.37. The molecule has 0 radical (unpaired) electrons. The van der Waals surface area contributed by atoms with Crippen LogP contribution < -0.4 is 10.3 Å². The van der Waals surface area contributed by atoms with Crippen LogP contribution in [0.1, 0.15) is 25.5 Å². The van der Waals surface area contributed by atoms with E-state index in [1.807, 2.05) is 50.2 Å². The highest BCUT2D eigenvalue weighted by Crippen LogP contribution is 2.11. The molecular weight excluding hydrogens is 226 g/mol. The number of benzene rings is 1. The van der Waals surface area contributed by atoms with E-state index >= 15 is 0 Å². The Morgan fingerprint density at radius 1 is 1.17 bits per heavy atom. The molecule has 0 atom stereocenters. The molecule has 3 heteroatoms. The Morgan fingerprint density at radius 3 is 2.50 bits per heavy atom. The highest BCUT2D eigenvalue weighted by Gasteiger charge is 2.02. The van der Waals surface area contributed by atoms with Gasteiger partial charge in [0, 0.05) is 18.3 Å². The van der Waals surface area contributed by atoms with E-state index in [1.165, 1.54) is 6.07 Å². The van der Waals surface area contributed by atoms with Gasteiger partial charge in [-0.3, -0.25) is 4.79 Å². The largest absolute Gasteiger partial charge is 0.489 e. The zero-order valence-corrected chi connectivity index (χ0v) is 10.7. The summed E-state index contributed by atoms with van der Waals surface area (Å²) in [6.45, 7) is 4.43. The van der Waals surface area contributed by atoms with Gasteiger partial charge in [-0.15, -0.1) is 0 Å². The molecule has 2 aromatic rings. The lowest BCUT2D eigenvalue weighted by atomic mass is 10.2. The first-order valence-corrected chi connectivity index (χ1v) is 6.06. The van der Waals surface area contributed by atoms with Gasteiger partial charge in [0.25, 0.3) is 5.56 Å². The number of nitrogens with zero attached hydrogens (tertiary/aromatic N) is 1. The minimum Gasteiger partial charge on any atom is -0.489 e. The number of pyridine rings is 1. The standard InChI is InChI=1S/C15H17NO2/c1-12(2)16-9-8-14(10-15(16)17)18-11-13-6-4-3-5-7-13/h3-10,12H,11H2,1-2H3. The van der Waals surface area contributed by atoms with E-state index in [9.17, 15) is 4.79 Å². The van der Waals surface area contributed by atoms with Crippen LogP contribution in [0.2, 0.25) is 0 Å². The number of aromatic nitrogens is 1. The van der Waals surface area contributed by atoms with Gasteiger partial charge in [0.05, 0.1) is 0 Å². The molecule has 94 valence electrons. The van der Waals surface area contributed by atoms with Crippen molar-refractivity contribution in [2.24, 2.45) is 0 Å². The van der Waals surface area contributed by atoms with Crippen LogP contribution >= 0.6 is 0 Å². The smallest absolute Gasteiger partial charge is 0.254 e. The lowest BCUT2D eigenvalue weighted by molar-refractivity contribution is 0.304. The fraction of sp³-hybridized carbons (Fsp3) is 0.267. The number of rotatable bonds is 4. The summed E-state index contributed by atoms with van der Waals surface area (Å²) in [6, 6.07) is 13.4. The van der Waals surface area contributed by atoms with E-state index in [4.69, 9.17) is 4.74 Å². The molecule has 1 aromatic heterocycles. The van der Waals surface area contributed by atoms with Crippen LogP contribution in [-0.2, 0) is 6.61 Å². The molecule has 2 rings (SSSR count). The Labute approximate surface area is 107 Å². The molecule has 0 amide bonds. The van der Waals surface area contributed by atoms with Crippen molar-refractivity contribution < 1.29 is 4.74 Å². The van der Waals surface area contributed by atoms with Crippen LogP contribution in [0.15, 0.2) is 53.5 Å². The first-order chi connectivity index (χ1) is 8.66. The normalized spacial score (nSPS) is 10.6. The van der Waals surface area contributed by atoms with Gasteiger partial charge in [0.15, 0.2) is 0 Å². The maximum absolute atomic E-state index is 11.8. The Hall–Kier alpha value is -2.03. The predicted octanol–water partition coefficient (Wildman–Crippen LogP) is 3.01. The van der Waals surface area contributed by atoms with Gasteiger partial charge >= 0.3 is 0 Å². The highest BCUT2D eigenvalue weighted by atomic mass is 16.5. The zero-order chi connectivity index (χ0) is 13.0. The minimum absolute atomic E-state index is 0.0319. The molecule has 0 spiro atoms. The van der Waals surface area contributed by atoms with Crippen molar-refractivity contribution in [3.8, 4) is 5.75 Å². The zero-order valence-electron chi connectivity index (χ0n) is 10.7. The Balaban J connectivity index is 2.07. The Bertz CT molecular complexity index is 558. The third-order valence-corrected chi connectivity index (χ3v) is 2.72. The van der Waals surface area contributed by atoms with Gasteiger partial charge in [-0.25, -0.2) is 0 Å². The molecule has 18 heavy (non-hydrogen) atoms. The van der Waals surface area contributed by atoms with Gasteiger partial charge in [-0.1, -0.05) is 30.3 Å². The van der Waals surface area contributed by atoms with Crippen molar-refractivity contribution in [3.05, 3.63) is 64.6 Å². The average molecular weight is 243 g/mol. The summed E-state index contributed by atoms with van der Waals surface area (Å²) in [4.78, 5) is 11.8. The number of hydrogen-bond donors (Lipinski definition) is 0. The lowest BCUT2D eigenvalue weighted by Gasteiger charge is -2.11. The van der Waals surface area contributed by atoms with Crippen LogP contribution in [0.3, 0.4) is 0 Å². The topological polar surface area (TPSA) is 31.2 Å². The van der Waals surface area contributed by atoms with E-state index in [0.29, 0.717) is 12.4 Å². The fourth-order valence-corrected chi connectivity index (χ4v) is 1.73. The van der Waals surface area contributed by atoms with Crippen molar-refractivity contribution in [2.75, 3.05) is 0 Å². The maximum atomic E-state index is 11.8. The third-order valence-electron chi connectivity index (χ3n) is 2.72. The monoisotopic (exact) mass is 243 g/mol. The molecular formula is C15H17NO2. The van der Waals surface area contributed by atoms with Crippen molar-refractivity contribution in [1.29, 1.82) is 0 Å². The summed E-state index contributed by atoms with van der Waals surface area (Å²) < 4.78 is 7.27. The van der Waals surface area contributed by atoms with Crippen molar-refractivity contribution in [3.63, 3.8) is 0 Å². The highest BCUT2D eigenvalue weighted by molar-refractivity contribution is 5.20. The summed E-state index contributed by atoms with van der Waals surface area (Å²) >= 11 is 0. The number of ether oxygens (including phenoxy) is 1. The summed E-state index contributed by atoms with van der Waals surface area (Å²) in [5, 5.41) is 0. The van der Waals surface area contributed by atoms with Crippen molar-refractivity contribution in [2.45, 2.75) is 26.5 Å². The van der Waals surface area contributed by atoms with Crippen molar-refractivity contribution >= 4 is 0 Å². The maximum Gasteiger partial charge on any atom is 0.254 e. The second-order valence-corrected chi connectivity index (χ2v) is 4.48.